The average Bonchev–Trinajstić information content (AvgIpc) is 3.11. The summed E-state index contributed by atoms with van der Waals surface area (Å²) < 4.78 is 5.16. The first kappa shape index (κ1) is 19.9. The van der Waals surface area contributed by atoms with Gasteiger partial charge in [-0.3, -0.25) is 9.59 Å². The van der Waals surface area contributed by atoms with Gasteiger partial charge in [0, 0.05) is 32.6 Å². The molecule has 0 radical (unpaired) electrons. The van der Waals surface area contributed by atoms with Gasteiger partial charge in [0.1, 0.15) is 5.76 Å². The van der Waals surface area contributed by atoms with Crippen molar-refractivity contribution >= 4 is 11.8 Å². The summed E-state index contributed by atoms with van der Waals surface area (Å²) in [6.45, 7) is 9.51. The Labute approximate surface area is 162 Å². The Hall–Kier alpha value is -1.85. The van der Waals surface area contributed by atoms with Gasteiger partial charge < -0.3 is 14.2 Å². The highest BCUT2D eigenvalue weighted by Crippen LogP contribution is 2.33. The van der Waals surface area contributed by atoms with E-state index >= 15 is 0 Å². The van der Waals surface area contributed by atoms with Crippen molar-refractivity contribution < 1.29 is 14.0 Å². The predicted molar refractivity (Wildman–Crippen MR) is 103 cm³/mol. The molecule has 0 aliphatic carbocycles. The summed E-state index contributed by atoms with van der Waals surface area (Å²) in [6, 6.07) is 0. The maximum atomic E-state index is 12.6. The van der Waals surface area contributed by atoms with Gasteiger partial charge in [0.2, 0.25) is 5.91 Å². The normalized spacial score (nSPS) is 19.7. The summed E-state index contributed by atoms with van der Waals surface area (Å²) in [6.07, 6.45) is 7.32. The number of aromatic nitrogens is 1. The first-order valence-corrected chi connectivity index (χ1v) is 10.4. The standard InChI is InChI=1S/C21H33N3O3/c1-15(2)4-5-19(25)23-10-6-17(7-11-23)18-8-12-24(13-9-18)21(26)20-16(3)27-14-22-20/h14-15,17-18H,4-13H2,1-3H3. The minimum Gasteiger partial charge on any atom is -0.448 e. The first-order chi connectivity index (χ1) is 13.0. The molecule has 2 amide bonds. The van der Waals surface area contributed by atoms with Gasteiger partial charge in [0.25, 0.3) is 5.91 Å². The summed E-state index contributed by atoms with van der Waals surface area (Å²) in [5.41, 5.74) is 0.446. The maximum absolute atomic E-state index is 12.6. The molecule has 1 aromatic heterocycles. The van der Waals surface area contributed by atoms with Crippen LogP contribution in [0.25, 0.3) is 0 Å². The minimum atomic E-state index is -0.00901. The van der Waals surface area contributed by atoms with E-state index < -0.39 is 0 Å². The molecule has 27 heavy (non-hydrogen) atoms. The number of aryl methyl sites for hydroxylation is 1. The van der Waals surface area contributed by atoms with E-state index in [0.717, 1.165) is 58.3 Å². The van der Waals surface area contributed by atoms with Crippen LogP contribution < -0.4 is 0 Å². The van der Waals surface area contributed by atoms with Crippen LogP contribution in [0.5, 0.6) is 0 Å². The Morgan fingerprint density at radius 1 is 1.07 bits per heavy atom. The number of piperidine rings is 2. The molecular weight excluding hydrogens is 342 g/mol. The molecule has 150 valence electrons. The van der Waals surface area contributed by atoms with Crippen LogP contribution in [0, 0.1) is 24.7 Å². The SMILES string of the molecule is Cc1ocnc1C(=O)N1CCC(C2CCN(C(=O)CCC(C)C)CC2)CC1. The van der Waals surface area contributed by atoms with Crippen molar-refractivity contribution in [1.29, 1.82) is 0 Å². The molecule has 2 fully saturated rings. The summed E-state index contributed by atoms with van der Waals surface area (Å²) in [5, 5.41) is 0. The van der Waals surface area contributed by atoms with E-state index in [0.29, 0.717) is 41.5 Å². The fourth-order valence-corrected chi connectivity index (χ4v) is 4.42. The van der Waals surface area contributed by atoms with E-state index in [-0.39, 0.29) is 5.91 Å². The third kappa shape index (κ3) is 4.90. The molecule has 6 heteroatoms. The van der Waals surface area contributed by atoms with Crippen molar-refractivity contribution in [2.45, 2.75) is 59.3 Å². The molecule has 0 saturated carbocycles. The van der Waals surface area contributed by atoms with Gasteiger partial charge in [0.05, 0.1) is 0 Å². The number of carbonyl (C=O) groups excluding carboxylic acids is 2. The van der Waals surface area contributed by atoms with Crippen LogP contribution in [0.3, 0.4) is 0 Å². The number of oxazole rings is 1. The molecule has 0 spiro atoms. The summed E-state index contributed by atoms with van der Waals surface area (Å²) in [4.78, 5) is 32.9. The Balaban J connectivity index is 1.42. The molecule has 3 heterocycles. The first-order valence-electron chi connectivity index (χ1n) is 10.4. The van der Waals surface area contributed by atoms with Crippen molar-refractivity contribution in [3.63, 3.8) is 0 Å². The van der Waals surface area contributed by atoms with Crippen LogP contribution in [0.4, 0.5) is 0 Å². The molecule has 1 aromatic rings. The van der Waals surface area contributed by atoms with E-state index in [1.54, 1.807) is 6.92 Å². The van der Waals surface area contributed by atoms with Crippen molar-refractivity contribution in [3.05, 3.63) is 17.8 Å². The summed E-state index contributed by atoms with van der Waals surface area (Å²) in [5.74, 6) is 2.85. The van der Waals surface area contributed by atoms with Crippen molar-refractivity contribution in [3.8, 4) is 0 Å². The van der Waals surface area contributed by atoms with Crippen LogP contribution in [0.1, 0.15) is 68.6 Å². The number of likely N-dealkylation sites (tertiary alicyclic amines) is 2. The Morgan fingerprint density at radius 2 is 1.63 bits per heavy atom. The minimum absolute atomic E-state index is 0.00901. The molecular formula is C21H33N3O3. The fourth-order valence-electron chi connectivity index (χ4n) is 4.42. The van der Waals surface area contributed by atoms with E-state index in [9.17, 15) is 9.59 Å². The maximum Gasteiger partial charge on any atom is 0.276 e. The van der Waals surface area contributed by atoms with Crippen LogP contribution >= 0.6 is 0 Å². The molecule has 0 N–H and O–H groups in total. The van der Waals surface area contributed by atoms with Crippen LogP contribution in [-0.4, -0.2) is 52.8 Å². The molecule has 3 rings (SSSR count). The number of rotatable bonds is 5. The molecule has 0 aromatic carbocycles. The molecule has 2 saturated heterocycles. The van der Waals surface area contributed by atoms with Crippen LogP contribution in [0.15, 0.2) is 10.8 Å². The molecule has 0 bridgehead atoms. The lowest BCUT2D eigenvalue weighted by atomic mass is 9.78. The Morgan fingerprint density at radius 3 is 2.11 bits per heavy atom. The number of nitrogens with zero attached hydrogens (tertiary/aromatic N) is 3. The van der Waals surface area contributed by atoms with Crippen LogP contribution in [-0.2, 0) is 4.79 Å². The van der Waals surface area contributed by atoms with Gasteiger partial charge in [-0.2, -0.15) is 0 Å². The van der Waals surface area contributed by atoms with Gasteiger partial charge in [-0.15, -0.1) is 0 Å². The van der Waals surface area contributed by atoms with Crippen LogP contribution in [0.2, 0.25) is 0 Å². The van der Waals surface area contributed by atoms with Crippen molar-refractivity contribution in [2.24, 2.45) is 17.8 Å². The van der Waals surface area contributed by atoms with Gasteiger partial charge in [0.15, 0.2) is 12.1 Å². The predicted octanol–water partition coefficient (Wildman–Crippen LogP) is 3.51. The van der Waals surface area contributed by atoms with Gasteiger partial charge in [-0.25, -0.2) is 4.98 Å². The zero-order chi connectivity index (χ0) is 19.4. The van der Waals surface area contributed by atoms with Crippen molar-refractivity contribution in [1.82, 2.24) is 14.8 Å². The van der Waals surface area contributed by atoms with E-state index in [1.807, 2.05) is 4.90 Å². The van der Waals surface area contributed by atoms with Gasteiger partial charge in [-0.1, -0.05) is 13.8 Å². The second-order valence-electron chi connectivity index (χ2n) is 8.54. The van der Waals surface area contributed by atoms with E-state index in [2.05, 4.69) is 23.7 Å². The van der Waals surface area contributed by atoms with Gasteiger partial charge in [-0.05, 0) is 56.8 Å². The van der Waals surface area contributed by atoms with E-state index in [1.165, 1.54) is 6.39 Å². The Kier molecular flexibility index (Phi) is 6.55. The number of hydrogen-bond donors (Lipinski definition) is 0. The number of amides is 2. The average molecular weight is 376 g/mol. The monoisotopic (exact) mass is 375 g/mol. The highest BCUT2D eigenvalue weighted by Gasteiger charge is 2.32. The highest BCUT2D eigenvalue weighted by atomic mass is 16.3. The fraction of sp³-hybridized carbons (Fsp3) is 0.762. The quantitative estimate of drug-likeness (QED) is 0.790. The third-order valence-electron chi connectivity index (χ3n) is 6.27. The van der Waals surface area contributed by atoms with Crippen molar-refractivity contribution in [2.75, 3.05) is 26.2 Å². The summed E-state index contributed by atoms with van der Waals surface area (Å²) >= 11 is 0. The topological polar surface area (TPSA) is 66.7 Å². The third-order valence-corrected chi connectivity index (χ3v) is 6.27. The lowest BCUT2D eigenvalue weighted by Gasteiger charge is -2.40. The second-order valence-corrected chi connectivity index (χ2v) is 8.54. The molecule has 0 atom stereocenters. The zero-order valence-corrected chi connectivity index (χ0v) is 16.9. The number of carbonyl (C=O) groups is 2. The van der Waals surface area contributed by atoms with Gasteiger partial charge >= 0.3 is 0 Å². The lowest BCUT2D eigenvalue weighted by Crippen LogP contribution is -2.44. The summed E-state index contributed by atoms with van der Waals surface area (Å²) in [7, 11) is 0. The highest BCUT2D eigenvalue weighted by molar-refractivity contribution is 5.93. The second kappa shape index (κ2) is 8.89. The molecule has 0 unspecified atom stereocenters. The zero-order valence-electron chi connectivity index (χ0n) is 16.9. The van der Waals surface area contributed by atoms with E-state index in [4.69, 9.17) is 4.42 Å². The lowest BCUT2D eigenvalue weighted by molar-refractivity contribution is -0.133. The molecule has 2 aliphatic rings. The molecule has 2 aliphatic heterocycles. The largest absolute Gasteiger partial charge is 0.448 e. The smallest absolute Gasteiger partial charge is 0.276 e. The number of hydrogen-bond acceptors (Lipinski definition) is 4. The molecule has 6 nitrogen and oxygen atoms in total. The Bertz CT molecular complexity index is 639.